The Labute approximate surface area is 109 Å². The summed E-state index contributed by atoms with van der Waals surface area (Å²) in [7, 11) is 1.79. The van der Waals surface area contributed by atoms with Crippen molar-refractivity contribution in [3.05, 3.63) is 0 Å². The summed E-state index contributed by atoms with van der Waals surface area (Å²) < 4.78 is 5.21. The van der Waals surface area contributed by atoms with Gasteiger partial charge in [0.2, 0.25) is 0 Å². The lowest BCUT2D eigenvalue weighted by atomic mass is 9.84. The third-order valence-electron chi connectivity index (χ3n) is 3.97. The average molecular weight is 292 g/mol. The van der Waals surface area contributed by atoms with Gasteiger partial charge in [0.15, 0.2) is 0 Å². The maximum atomic E-state index is 5.21. The molecule has 1 aliphatic carbocycles. The SMILES string of the molecule is CCC(CC)(CBr)CN(CCOC)C1CC1. The molecule has 0 unspecified atom stereocenters. The van der Waals surface area contributed by atoms with Gasteiger partial charge in [0, 0.05) is 31.6 Å². The van der Waals surface area contributed by atoms with Gasteiger partial charge < -0.3 is 4.74 Å². The van der Waals surface area contributed by atoms with Gasteiger partial charge >= 0.3 is 0 Å². The van der Waals surface area contributed by atoms with Crippen molar-refractivity contribution in [3.63, 3.8) is 0 Å². The Morgan fingerprint density at radius 1 is 1.31 bits per heavy atom. The van der Waals surface area contributed by atoms with Crippen molar-refractivity contribution in [1.29, 1.82) is 0 Å². The van der Waals surface area contributed by atoms with Crippen molar-refractivity contribution in [3.8, 4) is 0 Å². The third kappa shape index (κ3) is 4.01. The molecular weight excluding hydrogens is 266 g/mol. The molecule has 0 radical (unpaired) electrons. The van der Waals surface area contributed by atoms with Gasteiger partial charge in [-0.3, -0.25) is 4.90 Å². The maximum absolute atomic E-state index is 5.21. The summed E-state index contributed by atoms with van der Waals surface area (Å²) in [6.45, 7) is 7.80. The predicted molar refractivity (Wildman–Crippen MR) is 73.3 cm³/mol. The number of halogens is 1. The van der Waals surface area contributed by atoms with Crippen LogP contribution in [0.15, 0.2) is 0 Å². The monoisotopic (exact) mass is 291 g/mol. The van der Waals surface area contributed by atoms with E-state index in [1.807, 2.05) is 0 Å². The first-order chi connectivity index (χ1) is 7.71. The average Bonchev–Trinajstić information content (AvgIpc) is 3.15. The fourth-order valence-electron chi connectivity index (χ4n) is 2.17. The Balaban J connectivity index is 2.50. The Morgan fingerprint density at radius 3 is 2.31 bits per heavy atom. The zero-order valence-corrected chi connectivity index (χ0v) is 12.6. The van der Waals surface area contributed by atoms with Gasteiger partial charge in [0.1, 0.15) is 0 Å². The molecule has 0 bridgehead atoms. The Bertz CT molecular complexity index is 182. The molecule has 0 spiro atoms. The van der Waals surface area contributed by atoms with E-state index >= 15 is 0 Å². The first-order valence-electron chi connectivity index (χ1n) is 6.50. The molecule has 1 rings (SSSR count). The van der Waals surface area contributed by atoms with E-state index in [4.69, 9.17) is 4.74 Å². The quantitative estimate of drug-likeness (QED) is 0.605. The summed E-state index contributed by atoms with van der Waals surface area (Å²) in [5.41, 5.74) is 0.455. The minimum atomic E-state index is 0.455. The highest BCUT2D eigenvalue weighted by Gasteiger charge is 2.34. The predicted octanol–water partition coefficient (Wildman–Crippen LogP) is 3.30. The second-order valence-electron chi connectivity index (χ2n) is 5.04. The largest absolute Gasteiger partial charge is 0.383 e. The van der Waals surface area contributed by atoms with Crippen LogP contribution in [0.4, 0.5) is 0 Å². The normalized spacial score (nSPS) is 17.1. The van der Waals surface area contributed by atoms with E-state index in [-0.39, 0.29) is 0 Å². The zero-order valence-electron chi connectivity index (χ0n) is 11.0. The van der Waals surface area contributed by atoms with Gasteiger partial charge in [-0.15, -0.1) is 0 Å². The van der Waals surface area contributed by atoms with Crippen molar-refractivity contribution in [2.45, 2.75) is 45.6 Å². The van der Waals surface area contributed by atoms with E-state index in [1.54, 1.807) is 7.11 Å². The van der Waals surface area contributed by atoms with E-state index in [0.717, 1.165) is 24.5 Å². The first kappa shape index (κ1) is 14.5. The second-order valence-corrected chi connectivity index (χ2v) is 5.60. The molecule has 16 heavy (non-hydrogen) atoms. The van der Waals surface area contributed by atoms with Crippen LogP contribution in [-0.4, -0.2) is 43.1 Å². The van der Waals surface area contributed by atoms with Gasteiger partial charge in [-0.2, -0.15) is 0 Å². The molecule has 0 aromatic rings. The number of ether oxygens (including phenoxy) is 1. The Hall–Kier alpha value is 0.400. The van der Waals surface area contributed by atoms with E-state index in [2.05, 4.69) is 34.7 Å². The molecule has 0 aromatic heterocycles. The smallest absolute Gasteiger partial charge is 0.0589 e. The lowest BCUT2D eigenvalue weighted by molar-refractivity contribution is 0.104. The number of nitrogens with zero attached hydrogens (tertiary/aromatic N) is 1. The molecule has 1 saturated carbocycles. The van der Waals surface area contributed by atoms with Crippen LogP contribution in [0.1, 0.15) is 39.5 Å². The molecule has 96 valence electrons. The summed E-state index contributed by atoms with van der Waals surface area (Å²) in [5, 5.41) is 1.11. The fourth-order valence-corrected chi connectivity index (χ4v) is 3.14. The molecule has 1 fully saturated rings. The van der Waals surface area contributed by atoms with Gasteiger partial charge in [-0.05, 0) is 31.1 Å². The lowest BCUT2D eigenvalue weighted by Gasteiger charge is -2.36. The van der Waals surface area contributed by atoms with Gasteiger partial charge in [0.05, 0.1) is 6.61 Å². The molecule has 0 N–H and O–H groups in total. The van der Waals surface area contributed by atoms with Crippen LogP contribution in [0, 0.1) is 5.41 Å². The molecule has 1 aliphatic rings. The zero-order chi connectivity index (χ0) is 12.0. The topological polar surface area (TPSA) is 12.5 Å². The molecule has 0 amide bonds. The molecule has 2 nitrogen and oxygen atoms in total. The third-order valence-corrected chi connectivity index (χ3v) is 5.16. The summed E-state index contributed by atoms with van der Waals surface area (Å²) in [6, 6.07) is 0.840. The highest BCUT2D eigenvalue weighted by Crippen LogP contribution is 2.34. The first-order valence-corrected chi connectivity index (χ1v) is 7.62. The summed E-state index contributed by atoms with van der Waals surface area (Å²) >= 11 is 3.70. The number of rotatable bonds is 9. The van der Waals surface area contributed by atoms with E-state index < -0.39 is 0 Å². The van der Waals surface area contributed by atoms with Crippen LogP contribution in [0.5, 0.6) is 0 Å². The molecule has 0 heterocycles. The van der Waals surface area contributed by atoms with E-state index in [1.165, 1.54) is 32.2 Å². The fraction of sp³-hybridized carbons (Fsp3) is 1.00. The molecule has 0 saturated heterocycles. The minimum absolute atomic E-state index is 0.455. The van der Waals surface area contributed by atoms with Gasteiger partial charge in [-0.1, -0.05) is 29.8 Å². The number of hydrogen-bond donors (Lipinski definition) is 0. The summed E-state index contributed by atoms with van der Waals surface area (Å²) in [4.78, 5) is 2.64. The Morgan fingerprint density at radius 2 is 1.94 bits per heavy atom. The van der Waals surface area contributed by atoms with E-state index in [9.17, 15) is 0 Å². The van der Waals surface area contributed by atoms with Crippen LogP contribution >= 0.6 is 15.9 Å². The van der Waals surface area contributed by atoms with Crippen LogP contribution in [-0.2, 0) is 4.74 Å². The van der Waals surface area contributed by atoms with Crippen LogP contribution in [0.2, 0.25) is 0 Å². The van der Waals surface area contributed by atoms with Crippen LogP contribution < -0.4 is 0 Å². The van der Waals surface area contributed by atoms with E-state index in [0.29, 0.717) is 5.41 Å². The minimum Gasteiger partial charge on any atom is -0.383 e. The van der Waals surface area contributed by atoms with Crippen molar-refractivity contribution in [1.82, 2.24) is 4.90 Å². The van der Waals surface area contributed by atoms with Crippen molar-refractivity contribution < 1.29 is 4.74 Å². The second kappa shape index (κ2) is 6.97. The van der Waals surface area contributed by atoms with Gasteiger partial charge in [0.25, 0.3) is 0 Å². The molecule has 0 atom stereocenters. The Kier molecular flexibility index (Phi) is 6.30. The van der Waals surface area contributed by atoms with Crippen molar-refractivity contribution >= 4 is 15.9 Å². The van der Waals surface area contributed by atoms with Crippen molar-refractivity contribution in [2.75, 3.05) is 32.1 Å². The molecular formula is C13H26BrNO. The number of hydrogen-bond acceptors (Lipinski definition) is 2. The van der Waals surface area contributed by atoms with Crippen molar-refractivity contribution in [2.24, 2.45) is 5.41 Å². The highest BCUT2D eigenvalue weighted by atomic mass is 79.9. The molecule has 0 aromatic carbocycles. The van der Waals surface area contributed by atoms with Crippen LogP contribution in [0.25, 0.3) is 0 Å². The molecule has 3 heteroatoms. The van der Waals surface area contributed by atoms with Gasteiger partial charge in [-0.25, -0.2) is 0 Å². The maximum Gasteiger partial charge on any atom is 0.0589 e. The van der Waals surface area contributed by atoms with Crippen LogP contribution in [0.3, 0.4) is 0 Å². The standard InChI is InChI=1S/C13H26BrNO/c1-4-13(5-2,10-14)11-15(8-9-16-3)12-6-7-12/h12H,4-11H2,1-3H3. The molecule has 0 aliphatic heterocycles. The number of alkyl halides is 1. The lowest BCUT2D eigenvalue weighted by Crippen LogP contribution is -2.41. The summed E-state index contributed by atoms with van der Waals surface area (Å²) in [6.07, 6.45) is 5.28. The number of methoxy groups -OCH3 is 1. The highest BCUT2D eigenvalue weighted by molar-refractivity contribution is 9.09. The summed E-state index contributed by atoms with van der Waals surface area (Å²) in [5.74, 6) is 0.